The number of nitrogens with one attached hydrogen (secondary N) is 1. The van der Waals surface area contributed by atoms with Gasteiger partial charge in [0.1, 0.15) is 5.69 Å². The largest absolute Gasteiger partial charge is 0.433 e. The molecule has 0 radical (unpaired) electrons. The molecule has 30 heavy (non-hydrogen) atoms. The number of allylic oxidation sites excluding steroid dienone is 2. The lowest BCUT2D eigenvalue weighted by Crippen LogP contribution is -2.41. The first-order valence-corrected chi connectivity index (χ1v) is 9.78. The average Bonchev–Trinajstić information content (AvgIpc) is 2.82. The molecule has 3 atom stereocenters. The summed E-state index contributed by atoms with van der Waals surface area (Å²) in [6.45, 7) is 1.50. The highest BCUT2D eigenvalue weighted by Crippen LogP contribution is 2.47. The van der Waals surface area contributed by atoms with Crippen LogP contribution in [0.3, 0.4) is 0 Å². The van der Waals surface area contributed by atoms with E-state index < -0.39 is 35.8 Å². The molecule has 1 fully saturated rings. The Morgan fingerprint density at radius 2 is 1.90 bits per heavy atom. The molecule has 0 spiro atoms. The topological polar surface area (TPSA) is 48.4 Å². The lowest BCUT2D eigenvalue weighted by atomic mass is 9.92. The summed E-state index contributed by atoms with van der Waals surface area (Å²) >= 11 is 0. The van der Waals surface area contributed by atoms with Crippen molar-refractivity contribution in [3.8, 4) is 0 Å². The zero-order valence-corrected chi connectivity index (χ0v) is 15.9. The van der Waals surface area contributed by atoms with Crippen molar-refractivity contribution in [2.75, 3.05) is 24.5 Å². The van der Waals surface area contributed by atoms with Crippen molar-refractivity contribution in [1.82, 2.24) is 10.3 Å². The number of β-amino-alcohol motifs (C(OH)–C–C–N with tert-alkyl or cyclic N) is 1. The summed E-state index contributed by atoms with van der Waals surface area (Å²) in [5, 5.41) is 13.5. The molecular weight excluding hydrogens is 412 g/mol. The van der Waals surface area contributed by atoms with Gasteiger partial charge in [-0.2, -0.15) is 26.3 Å². The van der Waals surface area contributed by atoms with Gasteiger partial charge in [0.05, 0.1) is 29.1 Å². The van der Waals surface area contributed by atoms with Gasteiger partial charge in [-0.1, -0.05) is 6.08 Å². The van der Waals surface area contributed by atoms with Crippen molar-refractivity contribution in [2.24, 2.45) is 5.92 Å². The summed E-state index contributed by atoms with van der Waals surface area (Å²) in [6, 6.07) is 1.59. The summed E-state index contributed by atoms with van der Waals surface area (Å²) in [6.07, 6.45) is -6.39. The normalized spacial score (nSPS) is 27.2. The van der Waals surface area contributed by atoms with E-state index in [4.69, 9.17) is 0 Å². The standard InChI is InChI=1S/C20H21F6N3O/c21-19(22,23)12-3-4-14-13(8-12)18-15(5-6-17(28-18)20(24,25)26)29(14)10-11-2-1-7-27-9-16(11)30/h3,5-6,8,11,14,16,27,30H,1-2,4,7,9-10H2/t11-,14?,16+/m1/s1. The van der Waals surface area contributed by atoms with Crippen LogP contribution in [0.5, 0.6) is 0 Å². The molecule has 0 saturated carbocycles. The third kappa shape index (κ3) is 3.94. The molecule has 1 aliphatic carbocycles. The van der Waals surface area contributed by atoms with Gasteiger partial charge in [-0.15, -0.1) is 0 Å². The van der Waals surface area contributed by atoms with Crippen LogP contribution in [-0.2, 0) is 6.18 Å². The molecule has 0 aromatic carbocycles. The van der Waals surface area contributed by atoms with Gasteiger partial charge in [0, 0.05) is 24.6 Å². The Labute approximate surface area is 169 Å². The number of nitrogens with zero attached hydrogens (tertiary/aromatic N) is 2. The molecule has 164 valence electrons. The van der Waals surface area contributed by atoms with Crippen LogP contribution in [0.2, 0.25) is 0 Å². The van der Waals surface area contributed by atoms with Crippen molar-refractivity contribution in [2.45, 2.75) is 43.8 Å². The Kier molecular flexibility index (Phi) is 5.34. The number of anilines is 1. The van der Waals surface area contributed by atoms with Crippen molar-refractivity contribution < 1.29 is 31.4 Å². The summed E-state index contributed by atoms with van der Waals surface area (Å²) in [7, 11) is 0. The van der Waals surface area contributed by atoms with E-state index in [-0.39, 0.29) is 23.6 Å². The molecular formula is C20H21F6N3O. The zero-order valence-electron chi connectivity index (χ0n) is 15.9. The zero-order chi connectivity index (χ0) is 21.7. The third-order valence-corrected chi connectivity index (χ3v) is 5.94. The highest BCUT2D eigenvalue weighted by molar-refractivity contribution is 5.88. The Hall–Kier alpha value is -2.07. The Morgan fingerprint density at radius 1 is 1.13 bits per heavy atom. The third-order valence-electron chi connectivity index (χ3n) is 5.94. The highest BCUT2D eigenvalue weighted by Gasteiger charge is 2.43. The minimum absolute atomic E-state index is 0.0133. The molecule has 1 aromatic heterocycles. The van der Waals surface area contributed by atoms with E-state index in [1.807, 2.05) is 0 Å². The van der Waals surface area contributed by atoms with Crippen LogP contribution in [0.25, 0.3) is 5.57 Å². The fourth-order valence-electron chi connectivity index (χ4n) is 4.42. The maximum absolute atomic E-state index is 13.2. The molecule has 10 heteroatoms. The SMILES string of the molecule is O[C@H]1CNCCC[C@@H]1CN1c2ccc(C(F)(F)F)nc2C2=CC(C(F)(F)F)=CCC21. The molecule has 1 unspecified atom stereocenters. The van der Waals surface area contributed by atoms with Crippen LogP contribution in [0.1, 0.15) is 30.7 Å². The molecule has 3 aliphatic rings. The van der Waals surface area contributed by atoms with Gasteiger partial charge < -0.3 is 15.3 Å². The number of hydrogen-bond acceptors (Lipinski definition) is 4. The first-order chi connectivity index (χ1) is 14.1. The van der Waals surface area contributed by atoms with E-state index in [1.165, 1.54) is 6.07 Å². The number of aromatic nitrogens is 1. The van der Waals surface area contributed by atoms with Gasteiger partial charge in [0.25, 0.3) is 0 Å². The molecule has 2 aliphatic heterocycles. The van der Waals surface area contributed by atoms with Gasteiger partial charge in [-0.05, 0) is 44.0 Å². The molecule has 3 heterocycles. The number of fused-ring (bicyclic) bond motifs is 3. The van der Waals surface area contributed by atoms with Gasteiger partial charge in [0.15, 0.2) is 0 Å². The van der Waals surface area contributed by atoms with Gasteiger partial charge >= 0.3 is 12.4 Å². The van der Waals surface area contributed by atoms with Gasteiger partial charge in [0.2, 0.25) is 0 Å². The van der Waals surface area contributed by atoms with Gasteiger partial charge in [-0.3, -0.25) is 0 Å². The van der Waals surface area contributed by atoms with Gasteiger partial charge in [-0.25, -0.2) is 4.98 Å². The summed E-state index contributed by atoms with van der Waals surface area (Å²) < 4.78 is 79.3. The molecule has 0 bridgehead atoms. The predicted octanol–water partition coefficient (Wildman–Crippen LogP) is 3.93. The number of aliphatic hydroxyl groups is 1. The van der Waals surface area contributed by atoms with Crippen molar-refractivity contribution >= 4 is 11.3 Å². The Bertz CT molecular complexity index is 876. The monoisotopic (exact) mass is 433 g/mol. The van der Waals surface area contributed by atoms with Crippen molar-refractivity contribution in [3.63, 3.8) is 0 Å². The van der Waals surface area contributed by atoms with Crippen LogP contribution >= 0.6 is 0 Å². The number of aliphatic hydroxyl groups excluding tert-OH is 1. The fraction of sp³-hybridized carbons (Fsp3) is 0.550. The average molecular weight is 433 g/mol. The predicted molar refractivity (Wildman–Crippen MR) is 98.7 cm³/mol. The molecule has 4 rings (SSSR count). The first kappa shape index (κ1) is 21.2. The van der Waals surface area contributed by atoms with Crippen LogP contribution in [0.15, 0.2) is 29.9 Å². The first-order valence-electron chi connectivity index (χ1n) is 9.78. The van der Waals surface area contributed by atoms with Crippen molar-refractivity contribution in [1.29, 1.82) is 0 Å². The number of halogens is 6. The highest BCUT2D eigenvalue weighted by atomic mass is 19.4. The van der Waals surface area contributed by atoms with E-state index >= 15 is 0 Å². The minimum Gasteiger partial charge on any atom is -0.391 e. The minimum atomic E-state index is -4.70. The number of rotatable bonds is 2. The second-order valence-corrected chi connectivity index (χ2v) is 7.90. The van der Waals surface area contributed by atoms with Crippen LogP contribution in [-0.4, -0.2) is 48.0 Å². The second-order valence-electron chi connectivity index (χ2n) is 7.90. The molecule has 0 amide bonds. The quantitative estimate of drug-likeness (QED) is 0.695. The van der Waals surface area contributed by atoms with Crippen LogP contribution in [0.4, 0.5) is 32.0 Å². The maximum atomic E-state index is 13.2. The summed E-state index contributed by atoms with van der Waals surface area (Å²) in [4.78, 5) is 5.50. The maximum Gasteiger partial charge on any atom is 0.433 e. The summed E-state index contributed by atoms with van der Waals surface area (Å²) in [5.41, 5.74) is -1.55. The second kappa shape index (κ2) is 7.56. The number of pyridine rings is 1. The van der Waals surface area contributed by atoms with Crippen LogP contribution < -0.4 is 10.2 Å². The van der Waals surface area contributed by atoms with E-state index in [1.54, 1.807) is 4.90 Å². The lowest BCUT2D eigenvalue weighted by molar-refractivity contribution is -0.141. The smallest absolute Gasteiger partial charge is 0.391 e. The number of alkyl halides is 6. The molecule has 4 nitrogen and oxygen atoms in total. The van der Waals surface area contributed by atoms with E-state index in [0.717, 1.165) is 31.2 Å². The van der Waals surface area contributed by atoms with E-state index in [0.29, 0.717) is 25.2 Å². The Balaban J connectivity index is 1.74. The Morgan fingerprint density at radius 3 is 2.60 bits per heavy atom. The van der Waals surface area contributed by atoms with E-state index in [9.17, 15) is 31.4 Å². The molecule has 2 N–H and O–H groups in total. The van der Waals surface area contributed by atoms with Crippen molar-refractivity contribution in [3.05, 3.63) is 41.2 Å². The molecule has 1 saturated heterocycles. The summed E-state index contributed by atoms with van der Waals surface area (Å²) in [5.74, 6) is -0.150. The lowest BCUT2D eigenvalue weighted by Gasteiger charge is -2.33. The van der Waals surface area contributed by atoms with Crippen LogP contribution in [0, 0.1) is 5.92 Å². The fourth-order valence-corrected chi connectivity index (χ4v) is 4.42. The van der Waals surface area contributed by atoms with E-state index in [2.05, 4.69) is 10.3 Å². The number of hydrogen-bond donors (Lipinski definition) is 2. The molecule has 1 aromatic rings.